The SMILES string of the molecule is CCCCc1ccc(N=Cc2ccc(OC)cc2)cc1.Cl. The van der Waals surface area contributed by atoms with Crippen LogP contribution in [0.15, 0.2) is 53.5 Å². The Labute approximate surface area is 133 Å². The summed E-state index contributed by atoms with van der Waals surface area (Å²) in [6, 6.07) is 16.4. The van der Waals surface area contributed by atoms with Crippen LogP contribution in [0, 0.1) is 0 Å². The van der Waals surface area contributed by atoms with Crippen LogP contribution in [-0.4, -0.2) is 13.3 Å². The minimum atomic E-state index is 0. The number of hydrogen-bond donors (Lipinski definition) is 0. The third-order valence-corrected chi connectivity index (χ3v) is 3.23. The highest BCUT2D eigenvalue weighted by Gasteiger charge is 1.94. The van der Waals surface area contributed by atoms with Gasteiger partial charge in [-0.1, -0.05) is 25.5 Å². The number of ether oxygens (including phenoxy) is 1. The van der Waals surface area contributed by atoms with E-state index in [-0.39, 0.29) is 12.4 Å². The van der Waals surface area contributed by atoms with Gasteiger partial charge in [-0.3, -0.25) is 4.99 Å². The Morgan fingerprint density at radius 2 is 1.67 bits per heavy atom. The van der Waals surface area contributed by atoms with Gasteiger partial charge in [-0.15, -0.1) is 12.4 Å². The number of unbranched alkanes of at least 4 members (excludes halogenated alkanes) is 1. The lowest BCUT2D eigenvalue weighted by molar-refractivity contribution is 0.415. The smallest absolute Gasteiger partial charge is 0.118 e. The maximum Gasteiger partial charge on any atom is 0.118 e. The third-order valence-electron chi connectivity index (χ3n) is 3.23. The van der Waals surface area contributed by atoms with Gasteiger partial charge in [0.15, 0.2) is 0 Å². The Balaban J connectivity index is 0.00000220. The molecular weight excluding hydrogens is 282 g/mol. The van der Waals surface area contributed by atoms with E-state index >= 15 is 0 Å². The molecule has 3 heteroatoms. The molecule has 0 N–H and O–H groups in total. The predicted molar refractivity (Wildman–Crippen MR) is 92.6 cm³/mol. The Kier molecular flexibility index (Phi) is 7.55. The summed E-state index contributed by atoms with van der Waals surface area (Å²) in [5.74, 6) is 0.863. The Morgan fingerprint density at radius 3 is 2.24 bits per heavy atom. The predicted octanol–water partition coefficient (Wildman–Crippen LogP) is 5.21. The molecule has 0 heterocycles. The Morgan fingerprint density at radius 1 is 1.00 bits per heavy atom. The summed E-state index contributed by atoms with van der Waals surface area (Å²) in [7, 11) is 1.67. The van der Waals surface area contributed by atoms with Crippen molar-refractivity contribution in [1.29, 1.82) is 0 Å². The standard InChI is InChI=1S/C18H21NO.ClH/c1-3-4-5-15-6-10-17(11-7-15)19-14-16-8-12-18(20-2)13-9-16;/h6-14H,3-5H2,1-2H3;1H. The molecule has 0 unspecified atom stereocenters. The molecular formula is C18H22ClNO. The minimum absolute atomic E-state index is 0. The highest BCUT2D eigenvalue weighted by atomic mass is 35.5. The van der Waals surface area contributed by atoms with E-state index in [4.69, 9.17) is 4.74 Å². The van der Waals surface area contributed by atoms with E-state index in [0.717, 1.165) is 23.4 Å². The highest BCUT2D eigenvalue weighted by Crippen LogP contribution is 2.15. The number of methoxy groups -OCH3 is 1. The van der Waals surface area contributed by atoms with E-state index in [9.17, 15) is 0 Å². The van der Waals surface area contributed by atoms with Crippen LogP contribution in [-0.2, 0) is 6.42 Å². The van der Waals surface area contributed by atoms with Crippen molar-refractivity contribution in [2.24, 2.45) is 4.99 Å². The summed E-state index contributed by atoms with van der Waals surface area (Å²) in [5, 5.41) is 0. The third kappa shape index (κ3) is 5.60. The maximum atomic E-state index is 5.13. The zero-order valence-corrected chi connectivity index (χ0v) is 13.4. The molecule has 0 fully saturated rings. The van der Waals surface area contributed by atoms with Crippen molar-refractivity contribution >= 4 is 24.3 Å². The fourth-order valence-corrected chi connectivity index (χ4v) is 1.97. The summed E-state index contributed by atoms with van der Waals surface area (Å²) in [4.78, 5) is 4.49. The first-order valence-electron chi connectivity index (χ1n) is 7.09. The van der Waals surface area contributed by atoms with E-state index < -0.39 is 0 Å². The fourth-order valence-electron chi connectivity index (χ4n) is 1.97. The molecule has 0 aliphatic carbocycles. The first kappa shape index (κ1) is 17.3. The van der Waals surface area contributed by atoms with Gasteiger partial charge in [0.1, 0.15) is 5.75 Å². The topological polar surface area (TPSA) is 21.6 Å². The van der Waals surface area contributed by atoms with Gasteiger partial charge in [-0.05, 0) is 60.4 Å². The maximum absolute atomic E-state index is 5.13. The van der Waals surface area contributed by atoms with E-state index in [2.05, 4.69) is 36.2 Å². The molecule has 0 bridgehead atoms. The number of nitrogens with zero attached hydrogens (tertiary/aromatic N) is 1. The molecule has 2 aromatic carbocycles. The zero-order valence-electron chi connectivity index (χ0n) is 12.6. The molecule has 2 aromatic rings. The summed E-state index contributed by atoms with van der Waals surface area (Å²) >= 11 is 0. The molecule has 0 spiro atoms. The van der Waals surface area contributed by atoms with Crippen LogP contribution < -0.4 is 4.74 Å². The number of rotatable bonds is 6. The first-order valence-corrected chi connectivity index (χ1v) is 7.09. The van der Waals surface area contributed by atoms with Crippen molar-refractivity contribution in [3.63, 3.8) is 0 Å². The average molecular weight is 304 g/mol. The lowest BCUT2D eigenvalue weighted by Crippen LogP contribution is -1.85. The van der Waals surface area contributed by atoms with Crippen LogP contribution in [0.4, 0.5) is 5.69 Å². The van der Waals surface area contributed by atoms with Crippen LogP contribution in [0.3, 0.4) is 0 Å². The van der Waals surface area contributed by atoms with Gasteiger partial charge < -0.3 is 4.74 Å². The number of aliphatic imine (C=N–C) groups is 1. The summed E-state index contributed by atoms with van der Waals surface area (Å²) < 4.78 is 5.13. The summed E-state index contributed by atoms with van der Waals surface area (Å²) in [6.07, 6.45) is 5.51. The van der Waals surface area contributed by atoms with Gasteiger partial charge in [0, 0.05) is 6.21 Å². The van der Waals surface area contributed by atoms with E-state index in [1.54, 1.807) is 7.11 Å². The molecule has 2 rings (SSSR count). The van der Waals surface area contributed by atoms with Gasteiger partial charge in [-0.25, -0.2) is 0 Å². The second kappa shape index (κ2) is 9.19. The second-order valence-corrected chi connectivity index (χ2v) is 4.80. The molecule has 21 heavy (non-hydrogen) atoms. The zero-order chi connectivity index (χ0) is 14.2. The Hall–Kier alpha value is -1.80. The van der Waals surface area contributed by atoms with Crippen LogP contribution in [0.5, 0.6) is 5.75 Å². The van der Waals surface area contributed by atoms with Crippen molar-refractivity contribution < 1.29 is 4.74 Å². The van der Waals surface area contributed by atoms with Crippen molar-refractivity contribution in [1.82, 2.24) is 0 Å². The van der Waals surface area contributed by atoms with Gasteiger partial charge in [0.05, 0.1) is 12.8 Å². The van der Waals surface area contributed by atoms with Gasteiger partial charge in [-0.2, -0.15) is 0 Å². The highest BCUT2D eigenvalue weighted by molar-refractivity contribution is 5.85. The van der Waals surface area contributed by atoms with Crippen molar-refractivity contribution in [3.05, 3.63) is 59.7 Å². The van der Waals surface area contributed by atoms with Crippen molar-refractivity contribution in [3.8, 4) is 5.75 Å². The fraction of sp³-hybridized carbons (Fsp3) is 0.278. The van der Waals surface area contributed by atoms with Gasteiger partial charge in [0.25, 0.3) is 0 Å². The second-order valence-electron chi connectivity index (χ2n) is 4.80. The van der Waals surface area contributed by atoms with Gasteiger partial charge >= 0.3 is 0 Å². The van der Waals surface area contributed by atoms with Crippen LogP contribution >= 0.6 is 12.4 Å². The van der Waals surface area contributed by atoms with Crippen LogP contribution in [0.2, 0.25) is 0 Å². The lowest BCUT2D eigenvalue weighted by Gasteiger charge is -2.01. The minimum Gasteiger partial charge on any atom is -0.497 e. The Bertz CT molecular complexity index is 546. The van der Waals surface area contributed by atoms with Crippen LogP contribution in [0.1, 0.15) is 30.9 Å². The largest absolute Gasteiger partial charge is 0.497 e. The number of benzene rings is 2. The monoisotopic (exact) mass is 303 g/mol. The molecule has 0 aromatic heterocycles. The summed E-state index contributed by atoms with van der Waals surface area (Å²) in [5.41, 5.74) is 3.44. The number of halogens is 1. The molecule has 0 aliphatic heterocycles. The van der Waals surface area contributed by atoms with E-state index in [1.165, 1.54) is 18.4 Å². The molecule has 0 radical (unpaired) electrons. The lowest BCUT2D eigenvalue weighted by atomic mass is 10.1. The van der Waals surface area contributed by atoms with Gasteiger partial charge in [0.2, 0.25) is 0 Å². The molecule has 0 saturated heterocycles. The normalized spacial score (nSPS) is 10.4. The molecule has 2 nitrogen and oxygen atoms in total. The molecule has 0 aliphatic rings. The number of hydrogen-bond acceptors (Lipinski definition) is 2. The molecule has 0 saturated carbocycles. The first-order chi connectivity index (χ1) is 9.81. The van der Waals surface area contributed by atoms with E-state index in [1.807, 2.05) is 30.5 Å². The molecule has 0 atom stereocenters. The van der Waals surface area contributed by atoms with E-state index in [0.29, 0.717) is 0 Å². The van der Waals surface area contributed by atoms with Crippen molar-refractivity contribution in [2.75, 3.05) is 7.11 Å². The summed E-state index contributed by atoms with van der Waals surface area (Å²) in [6.45, 7) is 2.22. The number of aryl methyl sites for hydroxylation is 1. The average Bonchev–Trinajstić information content (AvgIpc) is 2.52. The molecule has 0 amide bonds. The van der Waals surface area contributed by atoms with Crippen molar-refractivity contribution in [2.45, 2.75) is 26.2 Å². The van der Waals surface area contributed by atoms with Crippen LogP contribution in [0.25, 0.3) is 0 Å². The molecule has 112 valence electrons. The quantitative estimate of drug-likeness (QED) is 0.671.